The number of ether oxygens (including phenoxy) is 3. The lowest BCUT2D eigenvalue weighted by molar-refractivity contribution is -0.145. The number of fused-ring (bicyclic) bond motifs is 3. The van der Waals surface area contributed by atoms with Crippen LogP contribution in [0.5, 0.6) is 11.5 Å². The van der Waals surface area contributed by atoms with Gasteiger partial charge in [0.1, 0.15) is 5.75 Å². The smallest absolute Gasteiger partial charge is 0.309 e. The normalized spacial score (nSPS) is 34.4. The topological polar surface area (TPSA) is 103 Å². The van der Waals surface area contributed by atoms with Crippen molar-refractivity contribution < 1.29 is 33.0 Å². The number of carbonyl (C=O) groups is 3. The maximum Gasteiger partial charge on any atom is 0.309 e. The number of halogens is 1. The summed E-state index contributed by atoms with van der Waals surface area (Å²) in [6.07, 6.45) is 7.49. The number of nitrogens with one attached hydrogen (secondary N) is 2. The second kappa shape index (κ2) is 10.5. The molecule has 8 atom stereocenters. The summed E-state index contributed by atoms with van der Waals surface area (Å²) in [6, 6.07) is 2.34. The van der Waals surface area contributed by atoms with Crippen LogP contribution < -0.4 is 20.1 Å². The lowest BCUT2D eigenvalue weighted by atomic mass is 9.70. The Morgan fingerprint density at radius 1 is 1.02 bits per heavy atom. The van der Waals surface area contributed by atoms with E-state index in [2.05, 4.69) is 17.6 Å². The van der Waals surface area contributed by atoms with E-state index in [1.165, 1.54) is 25.7 Å². The van der Waals surface area contributed by atoms with Gasteiger partial charge in [-0.2, -0.15) is 0 Å². The zero-order valence-electron chi connectivity index (χ0n) is 23.7. The Labute approximate surface area is 235 Å². The number of amides is 2. The zero-order chi connectivity index (χ0) is 28.2. The summed E-state index contributed by atoms with van der Waals surface area (Å²) in [7, 11) is 1.40. The van der Waals surface area contributed by atoms with Gasteiger partial charge in [0.15, 0.2) is 11.6 Å². The van der Waals surface area contributed by atoms with Crippen molar-refractivity contribution in [1.82, 2.24) is 10.6 Å². The molecule has 218 valence electrons. The average Bonchev–Trinajstić information content (AvgIpc) is 3.28. The second-order valence-electron chi connectivity index (χ2n) is 13.0. The SMILES string of the molecule is CCOC(=O)C1[C@H]2CC(Oc3cc(C(=O)N[C@@H]4[C@H]5CC[C@H](C5)[C@@H]4C(=O)NCC4(C)CCC4)c(OC)cc3F)C[C@@H]12. The van der Waals surface area contributed by atoms with Gasteiger partial charge in [0.05, 0.1) is 37.2 Å². The van der Waals surface area contributed by atoms with Gasteiger partial charge >= 0.3 is 5.97 Å². The molecule has 40 heavy (non-hydrogen) atoms. The molecule has 1 aromatic carbocycles. The van der Waals surface area contributed by atoms with Gasteiger partial charge in [-0.05, 0) is 87.0 Å². The van der Waals surface area contributed by atoms with Gasteiger partial charge in [0, 0.05) is 18.7 Å². The van der Waals surface area contributed by atoms with Crippen molar-refractivity contribution in [3.8, 4) is 11.5 Å². The van der Waals surface area contributed by atoms with Gasteiger partial charge in [0.25, 0.3) is 5.91 Å². The molecule has 1 aromatic rings. The predicted octanol–water partition coefficient (Wildman–Crippen LogP) is 4.25. The van der Waals surface area contributed by atoms with Crippen molar-refractivity contribution in [2.45, 2.75) is 77.4 Å². The Hall–Kier alpha value is -2.84. The van der Waals surface area contributed by atoms with E-state index in [-0.39, 0.29) is 87.9 Å². The van der Waals surface area contributed by atoms with Crippen LogP contribution >= 0.6 is 0 Å². The highest BCUT2D eigenvalue weighted by Crippen LogP contribution is 2.58. The molecule has 2 bridgehead atoms. The third-order valence-electron chi connectivity index (χ3n) is 10.5. The molecule has 2 N–H and O–H groups in total. The molecule has 0 heterocycles. The molecule has 2 unspecified atom stereocenters. The molecule has 0 radical (unpaired) electrons. The maximum atomic E-state index is 15.0. The van der Waals surface area contributed by atoms with Crippen LogP contribution in [0.4, 0.5) is 4.39 Å². The molecular formula is C31H41FN2O6. The van der Waals surface area contributed by atoms with Gasteiger partial charge in [-0.3, -0.25) is 14.4 Å². The molecule has 8 nitrogen and oxygen atoms in total. The van der Waals surface area contributed by atoms with E-state index < -0.39 is 5.82 Å². The summed E-state index contributed by atoms with van der Waals surface area (Å²) in [4.78, 5) is 39.0. The number of rotatable bonds is 10. The molecule has 5 aliphatic carbocycles. The molecule has 5 saturated carbocycles. The molecule has 5 fully saturated rings. The summed E-state index contributed by atoms with van der Waals surface area (Å²) in [6.45, 7) is 5.05. The third-order valence-corrected chi connectivity index (χ3v) is 10.5. The van der Waals surface area contributed by atoms with E-state index in [1.54, 1.807) is 6.92 Å². The van der Waals surface area contributed by atoms with Crippen LogP contribution in [0.3, 0.4) is 0 Å². The van der Waals surface area contributed by atoms with Crippen molar-refractivity contribution in [2.75, 3.05) is 20.3 Å². The quantitative estimate of drug-likeness (QED) is 0.418. The molecular weight excluding hydrogens is 515 g/mol. The average molecular weight is 557 g/mol. The third kappa shape index (κ3) is 4.94. The molecule has 0 spiro atoms. The van der Waals surface area contributed by atoms with E-state index in [9.17, 15) is 18.8 Å². The molecule has 0 aliphatic heterocycles. The Morgan fingerprint density at radius 3 is 2.40 bits per heavy atom. The molecule has 0 saturated heterocycles. The zero-order valence-corrected chi connectivity index (χ0v) is 23.7. The van der Waals surface area contributed by atoms with Crippen LogP contribution in [0.1, 0.15) is 75.6 Å². The van der Waals surface area contributed by atoms with Crippen LogP contribution in [0, 0.1) is 46.7 Å². The monoisotopic (exact) mass is 556 g/mol. The van der Waals surface area contributed by atoms with Crippen molar-refractivity contribution in [2.24, 2.45) is 40.9 Å². The fraction of sp³-hybridized carbons (Fsp3) is 0.710. The number of hydrogen-bond acceptors (Lipinski definition) is 6. The van der Waals surface area contributed by atoms with Crippen LogP contribution in [0.2, 0.25) is 0 Å². The lowest BCUT2D eigenvalue weighted by Crippen LogP contribution is -2.51. The molecule has 9 heteroatoms. The summed E-state index contributed by atoms with van der Waals surface area (Å²) in [5.74, 6) is -0.385. The van der Waals surface area contributed by atoms with Crippen molar-refractivity contribution in [1.29, 1.82) is 0 Å². The minimum atomic E-state index is -0.599. The van der Waals surface area contributed by atoms with Crippen molar-refractivity contribution in [3.63, 3.8) is 0 Å². The number of benzene rings is 1. The highest BCUT2D eigenvalue weighted by atomic mass is 19.1. The highest BCUT2D eigenvalue weighted by molar-refractivity contribution is 5.98. The first-order chi connectivity index (χ1) is 19.2. The van der Waals surface area contributed by atoms with Crippen LogP contribution in [0.15, 0.2) is 12.1 Å². The number of carbonyl (C=O) groups excluding carboxylic acids is 3. The molecule has 6 rings (SSSR count). The maximum absolute atomic E-state index is 15.0. The fourth-order valence-corrected chi connectivity index (χ4v) is 8.11. The van der Waals surface area contributed by atoms with Gasteiger partial charge < -0.3 is 24.8 Å². The Morgan fingerprint density at radius 2 is 1.75 bits per heavy atom. The molecule has 0 aromatic heterocycles. The molecule has 5 aliphatic rings. The first-order valence-corrected chi connectivity index (χ1v) is 15.0. The number of esters is 1. The van der Waals surface area contributed by atoms with E-state index >= 15 is 0 Å². The minimum absolute atomic E-state index is 0.000845. The lowest BCUT2D eigenvalue weighted by Gasteiger charge is -2.39. The van der Waals surface area contributed by atoms with Crippen LogP contribution in [-0.4, -0.2) is 50.2 Å². The number of methoxy groups -OCH3 is 1. The van der Waals surface area contributed by atoms with Gasteiger partial charge in [-0.1, -0.05) is 13.3 Å². The Kier molecular flexibility index (Phi) is 7.20. The van der Waals surface area contributed by atoms with E-state index in [0.717, 1.165) is 32.1 Å². The van der Waals surface area contributed by atoms with Gasteiger partial charge in [-0.15, -0.1) is 0 Å². The summed E-state index contributed by atoms with van der Waals surface area (Å²) < 4.78 is 31.5. The van der Waals surface area contributed by atoms with Crippen LogP contribution in [0.25, 0.3) is 0 Å². The Balaban J connectivity index is 1.12. The van der Waals surface area contributed by atoms with Gasteiger partial charge in [0.2, 0.25) is 5.91 Å². The highest BCUT2D eigenvalue weighted by Gasteiger charge is 2.61. The van der Waals surface area contributed by atoms with Crippen LogP contribution in [-0.2, 0) is 14.3 Å². The second-order valence-corrected chi connectivity index (χ2v) is 13.0. The van der Waals surface area contributed by atoms with E-state index in [4.69, 9.17) is 14.2 Å². The summed E-state index contributed by atoms with van der Waals surface area (Å²) in [5.41, 5.74) is 0.374. The first kappa shape index (κ1) is 27.3. The van der Waals surface area contributed by atoms with Crippen molar-refractivity contribution >= 4 is 17.8 Å². The first-order valence-electron chi connectivity index (χ1n) is 15.0. The summed E-state index contributed by atoms with van der Waals surface area (Å²) in [5, 5.41) is 6.32. The van der Waals surface area contributed by atoms with E-state index in [0.29, 0.717) is 26.0 Å². The molecule has 2 amide bonds. The summed E-state index contributed by atoms with van der Waals surface area (Å²) >= 11 is 0. The fourth-order valence-electron chi connectivity index (χ4n) is 8.11. The van der Waals surface area contributed by atoms with E-state index in [1.807, 2.05) is 0 Å². The predicted molar refractivity (Wildman–Crippen MR) is 144 cm³/mol. The minimum Gasteiger partial charge on any atom is -0.496 e. The largest absolute Gasteiger partial charge is 0.496 e. The standard InChI is InChI=1S/C31H41FN2O6/c1-4-39-30(37)26-19-11-18(12-20(19)26)40-24-13-21(23(38-3)14-22(24)32)28(35)34-27-17-7-6-16(10-17)25(27)29(36)33-15-31(2)8-5-9-31/h13-14,16-20,25-27H,4-12,15H2,1-3H3,(H,33,36)(H,34,35)/t16-,17+,18?,19-,20+,25+,26?,27-/m1/s1. The van der Waals surface area contributed by atoms with Crippen molar-refractivity contribution in [3.05, 3.63) is 23.5 Å². The Bertz CT molecular complexity index is 1170. The van der Waals surface area contributed by atoms with Gasteiger partial charge in [-0.25, -0.2) is 4.39 Å². The number of hydrogen-bond donors (Lipinski definition) is 2.